The van der Waals surface area contributed by atoms with E-state index in [1.54, 1.807) is 48.5 Å². The summed E-state index contributed by atoms with van der Waals surface area (Å²) >= 11 is 3.32. The van der Waals surface area contributed by atoms with Gasteiger partial charge in [-0.15, -0.1) is 0 Å². The van der Waals surface area contributed by atoms with Crippen molar-refractivity contribution in [2.24, 2.45) is 0 Å². The monoisotopic (exact) mass is 474 g/mol. The lowest BCUT2D eigenvalue weighted by Crippen LogP contribution is -2.14. The highest BCUT2D eigenvalue weighted by Gasteiger charge is 2.17. The molecular formula is C21H19BrN2O4S. The first-order chi connectivity index (χ1) is 13.8. The van der Waals surface area contributed by atoms with Crippen LogP contribution in [0.1, 0.15) is 15.9 Å². The molecule has 150 valence electrons. The van der Waals surface area contributed by atoms with E-state index in [1.807, 2.05) is 13.0 Å². The van der Waals surface area contributed by atoms with Crippen LogP contribution < -0.4 is 14.8 Å². The molecule has 0 saturated carbocycles. The molecule has 8 heteroatoms. The number of nitrogens with one attached hydrogen (secondary N) is 2. The van der Waals surface area contributed by atoms with Crippen molar-refractivity contribution in [3.05, 3.63) is 82.3 Å². The number of carbonyl (C=O) groups excluding carboxylic acids is 1. The second kappa shape index (κ2) is 8.67. The van der Waals surface area contributed by atoms with E-state index in [9.17, 15) is 13.2 Å². The highest BCUT2D eigenvalue weighted by molar-refractivity contribution is 9.10. The van der Waals surface area contributed by atoms with Crippen LogP contribution >= 0.6 is 15.9 Å². The van der Waals surface area contributed by atoms with E-state index in [4.69, 9.17) is 4.74 Å². The lowest BCUT2D eigenvalue weighted by molar-refractivity contribution is 0.102. The fourth-order valence-corrected chi connectivity index (χ4v) is 3.95. The first-order valence-electron chi connectivity index (χ1n) is 8.63. The zero-order valence-corrected chi connectivity index (χ0v) is 18.2. The van der Waals surface area contributed by atoms with Crippen LogP contribution in [0, 0.1) is 6.92 Å². The molecule has 0 fully saturated rings. The van der Waals surface area contributed by atoms with Gasteiger partial charge in [0.2, 0.25) is 0 Å². The van der Waals surface area contributed by atoms with Gasteiger partial charge in [-0.25, -0.2) is 8.42 Å². The number of hydrogen-bond acceptors (Lipinski definition) is 4. The number of amides is 1. The molecule has 29 heavy (non-hydrogen) atoms. The van der Waals surface area contributed by atoms with E-state index >= 15 is 0 Å². The molecule has 0 unspecified atom stereocenters. The van der Waals surface area contributed by atoms with Crippen molar-refractivity contribution >= 4 is 43.2 Å². The molecule has 0 radical (unpaired) electrons. The number of anilines is 2. The Morgan fingerprint density at radius 3 is 2.24 bits per heavy atom. The Morgan fingerprint density at radius 2 is 1.62 bits per heavy atom. The van der Waals surface area contributed by atoms with E-state index in [-0.39, 0.29) is 10.8 Å². The Morgan fingerprint density at radius 1 is 0.966 bits per heavy atom. The zero-order chi connectivity index (χ0) is 21.0. The van der Waals surface area contributed by atoms with Crippen molar-refractivity contribution in [3.8, 4) is 5.75 Å². The molecule has 3 rings (SSSR count). The smallest absolute Gasteiger partial charge is 0.262 e. The summed E-state index contributed by atoms with van der Waals surface area (Å²) in [5, 5.41) is 2.74. The second-order valence-corrected chi connectivity index (χ2v) is 8.89. The van der Waals surface area contributed by atoms with Crippen molar-refractivity contribution in [1.29, 1.82) is 0 Å². The molecule has 6 nitrogen and oxygen atoms in total. The van der Waals surface area contributed by atoms with Gasteiger partial charge < -0.3 is 10.1 Å². The van der Waals surface area contributed by atoms with Gasteiger partial charge in [-0.3, -0.25) is 9.52 Å². The summed E-state index contributed by atoms with van der Waals surface area (Å²) in [6.07, 6.45) is 0. The van der Waals surface area contributed by atoms with Crippen LogP contribution in [-0.4, -0.2) is 21.4 Å². The predicted molar refractivity (Wildman–Crippen MR) is 117 cm³/mol. The van der Waals surface area contributed by atoms with Crippen LogP contribution in [0.4, 0.5) is 11.4 Å². The van der Waals surface area contributed by atoms with Gasteiger partial charge in [0.15, 0.2) is 0 Å². The SMILES string of the molecule is COc1ccc(C)cc1NS(=O)(=O)c1ccc(NC(=O)c2ccc(Br)cc2)cc1. The molecule has 0 bridgehead atoms. The van der Waals surface area contributed by atoms with Gasteiger partial charge in [0.05, 0.1) is 17.7 Å². The first-order valence-corrected chi connectivity index (χ1v) is 10.9. The maximum Gasteiger partial charge on any atom is 0.262 e. The van der Waals surface area contributed by atoms with E-state index < -0.39 is 10.0 Å². The summed E-state index contributed by atoms with van der Waals surface area (Å²) in [6.45, 7) is 1.86. The fraction of sp³-hybridized carbons (Fsp3) is 0.0952. The number of methoxy groups -OCH3 is 1. The van der Waals surface area contributed by atoms with E-state index in [1.165, 1.54) is 19.2 Å². The lowest BCUT2D eigenvalue weighted by Gasteiger charge is -2.13. The van der Waals surface area contributed by atoms with Crippen molar-refractivity contribution in [3.63, 3.8) is 0 Å². The quantitative estimate of drug-likeness (QED) is 0.536. The molecule has 0 spiro atoms. The summed E-state index contributed by atoms with van der Waals surface area (Å²) in [6, 6.07) is 18.1. The van der Waals surface area contributed by atoms with Gasteiger partial charge >= 0.3 is 0 Å². The van der Waals surface area contributed by atoms with Crippen molar-refractivity contribution in [2.75, 3.05) is 17.1 Å². The van der Waals surface area contributed by atoms with E-state index in [0.717, 1.165) is 10.0 Å². The zero-order valence-electron chi connectivity index (χ0n) is 15.8. The summed E-state index contributed by atoms with van der Waals surface area (Å²) in [5.74, 6) is 0.147. The van der Waals surface area contributed by atoms with Crippen molar-refractivity contribution in [2.45, 2.75) is 11.8 Å². The number of sulfonamides is 1. The number of benzene rings is 3. The fourth-order valence-electron chi connectivity index (χ4n) is 2.63. The van der Waals surface area contributed by atoms with Crippen LogP contribution in [0.15, 0.2) is 76.1 Å². The van der Waals surface area contributed by atoms with Gasteiger partial charge in [-0.2, -0.15) is 0 Å². The number of aryl methyl sites for hydroxylation is 1. The van der Waals surface area contributed by atoms with Crippen LogP contribution in [0.25, 0.3) is 0 Å². The Hall–Kier alpha value is -2.84. The predicted octanol–water partition coefficient (Wildman–Crippen LogP) is 4.82. The first kappa shape index (κ1) is 20.9. The Balaban J connectivity index is 1.76. The largest absolute Gasteiger partial charge is 0.495 e. The number of carbonyl (C=O) groups is 1. The number of hydrogen-bond donors (Lipinski definition) is 2. The van der Waals surface area contributed by atoms with Crippen molar-refractivity contribution < 1.29 is 17.9 Å². The number of halogens is 1. The molecule has 0 saturated heterocycles. The molecule has 1 amide bonds. The molecule has 0 aliphatic carbocycles. The Kier molecular flexibility index (Phi) is 6.24. The maximum absolute atomic E-state index is 12.7. The molecule has 2 N–H and O–H groups in total. The maximum atomic E-state index is 12.7. The normalized spacial score (nSPS) is 11.0. The summed E-state index contributed by atoms with van der Waals surface area (Å²) < 4.78 is 34.1. The second-order valence-electron chi connectivity index (χ2n) is 6.29. The van der Waals surface area contributed by atoms with Gasteiger partial charge in [-0.05, 0) is 73.2 Å². The third kappa shape index (κ3) is 5.16. The summed E-state index contributed by atoms with van der Waals surface area (Å²) in [5.41, 5.74) is 2.25. The molecule has 0 aromatic heterocycles. The van der Waals surface area contributed by atoms with Gasteiger partial charge in [0.1, 0.15) is 5.75 Å². The molecule has 3 aromatic carbocycles. The standard InChI is InChI=1S/C21H19BrN2O4S/c1-14-3-12-20(28-2)19(13-14)24-29(26,27)18-10-8-17(9-11-18)23-21(25)15-4-6-16(22)7-5-15/h3-13,24H,1-2H3,(H,23,25). The minimum absolute atomic E-state index is 0.0719. The molecule has 0 aliphatic rings. The molecule has 0 aliphatic heterocycles. The average molecular weight is 475 g/mol. The topological polar surface area (TPSA) is 84.5 Å². The van der Waals surface area contributed by atoms with E-state index in [0.29, 0.717) is 22.7 Å². The average Bonchev–Trinajstić information content (AvgIpc) is 2.69. The summed E-state index contributed by atoms with van der Waals surface area (Å²) in [7, 11) is -2.34. The van der Waals surface area contributed by atoms with E-state index in [2.05, 4.69) is 26.0 Å². The minimum atomic E-state index is -3.81. The number of rotatable bonds is 6. The van der Waals surface area contributed by atoms with Gasteiger partial charge in [-0.1, -0.05) is 22.0 Å². The van der Waals surface area contributed by atoms with Crippen LogP contribution in [-0.2, 0) is 10.0 Å². The number of ether oxygens (including phenoxy) is 1. The highest BCUT2D eigenvalue weighted by atomic mass is 79.9. The molecular weight excluding hydrogens is 456 g/mol. The van der Waals surface area contributed by atoms with Crippen LogP contribution in [0.3, 0.4) is 0 Å². The molecule has 3 aromatic rings. The summed E-state index contributed by atoms with van der Waals surface area (Å²) in [4.78, 5) is 12.4. The van der Waals surface area contributed by atoms with Crippen molar-refractivity contribution in [1.82, 2.24) is 0 Å². The Labute approximate surface area is 178 Å². The van der Waals surface area contributed by atoms with Crippen LogP contribution in [0.2, 0.25) is 0 Å². The third-order valence-corrected chi connectivity index (χ3v) is 6.04. The van der Waals surface area contributed by atoms with Crippen LogP contribution in [0.5, 0.6) is 5.75 Å². The Bertz CT molecular complexity index is 1130. The van der Waals surface area contributed by atoms with Gasteiger partial charge in [0, 0.05) is 15.7 Å². The minimum Gasteiger partial charge on any atom is -0.495 e. The molecule has 0 atom stereocenters. The van der Waals surface area contributed by atoms with Gasteiger partial charge in [0.25, 0.3) is 15.9 Å². The lowest BCUT2D eigenvalue weighted by atomic mass is 10.2. The third-order valence-electron chi connectivity index (χ3n) is 4.13. The highest BCUT2D eigenvalue weighted by Crippen LogP contribution is 2.28. The molecule has 0 heterocycles.